The zero-order valence-corrected chi connectivity index (χ0v) is 16.4. The second-order valence-electron chi connectivity index (χ2n) is 7.50. The van der Waals surface area contributed by atoms with Crippen LogP contribution in [0.3, 0.4) is 0 Å². The molecular weight excluding hydrogens is 364 g/mol. The summed E-state index contributed by atoms with van der Waals surface area (Å²) in [6, 6.07) is 18.4. The molecule has 1 aliphatic rings. The zero-order chi connectivity index (χ0) is 20.1. The highest BCUT2D eigenvalue weighted by Crippen LogP contribution is 2.22. The molecule has 1 amide bonds. The highest BCUT2D eigenvalue weighted by molar-refractivity contribution is 5.93. The van der Waals surface area contributed by atoms with E-state index >= 15 is 0 Å². The first-order valence-electron chi connectivity index (χ1n) is 10.00. The standard InChI is InChI=1S/C23H26N4O2/c24-23(28)21-15-26-27-10-9-19(12-22(21)27)14-25-13-18-7-4-8-20(11-18)29-16-17-5-2-1-3-6-17/h1-8,11,15,19,25H,9-10,12-14,16H2,(H2,24,28). The van der Waals surface area contributed by atoms with Gasteiger partial charge >= 0.3 is 0 Å². The lowest BCUT2D eigenvalue weighted by atomic mass is 9.94. The van der Waals surface area contributed by atoms with E-state index in [1.54, 1.807) is 6.20 Å². The van der Waals surface area contributed by atoms with Gasteiger partial charge < -0.3 is 15.8 Å². The molecule has 0 radical (unpaired) electrons. The summed E-state index contributed by atoms with van der Waals surface area (Å²) in [5.41, 5.74) is 9.32. The van der Waals surface area contributed by atoms with Gasteiger partial charge in [-0.15, -0.1) is 0 Å². The molecule has 3 N–H and O–H groups in total. The number of carbonyl (C=O) groups excluding carboxylic acids is 1. The molecule has 150 valence electrons. The SMILES string of the molecule is NC(=O)c1cnn2c1CC(CNCc1cccc(OCc3ccccc3)c1)CC2. The van der Waals surface area contributed by atoms with Crippen molar-refractivity contribution in [3.8, 4) is 5.75 Å². The van der Waals surface area contributed by atoms with Crippen molar-refractivity contribution < 1.29 is 9.53 Å². The van der Waals surface area contributed by atoms with E-state index in [0.717, 1.165) is 49.5 Å². The summed E-state index contributed by atoms with van der Waals surface area (Å²) < 4.78 is 7.82. The van der Waals surface area contributed by atoms with Gasteiger partial charge in [-0.3, -0.25) is 9.48 Å². The van der Waals surface area contributed by atoms with E-state index in [-0.39, 0.29) is 0 Å². The Labute approximate surface area is 170 Å². The smallest absolute Gasteiger partial charge is 0.252 e. The van der Waals surface area contributed by atoms with Crippen molar-refractivity contribution in [1.29, 1.82) is 0 Å². The predicted octanol–water partition coefficient (Wildman–Crippen LogP) is 2.91. The minimum atomic E-state index is -0.396. The van der Waals surface area contributed by atoms with Gasteiger partial charge in [-0.05, 0) is 48.6 Å². The van der Waals surface area contributed by atoms with Gasteiger partial charge in [-0.25, -0.2) is 0 Å². The normalized spacial score (nSPS) is 15.7. The number of nitrogens with zero attached hydrogens (tertiary/aromatic N) is 2. The largest absolute Gasteiger partial charge is 0.489 e. The van der Waals surface area contributed by atoms with Gasteiger partial charge in [0.1, 0.15) is 12.4 Å². The van der Waals surface area contributed by atoms with E-state index in [9.17, 15) is 4.79 Å². The number of fused-ring (bicyclic) bond motifs is 1. The molecule has 2 heterocycles. The molecule has 29 heavy (non-hydrogen) atoms. The number of hydrogen-bond donors (Lipinski definition) is 2. The Kier molecular flexibility index (Phi) is 5.91. The van der Waals surface area contributed by atoms with E-state index in [2.05, 4.69) is 34.7 Å². The fourth-order valence-corrected chi connectivity index (χ4v) is 3.79. The molecular formula is C23H26N4O2. The van der Waals surface area contributed by atoms with E-state index in [1.165, 1.54) is 5.56 Å². The van der Waals surface area contributed by atoms with Crippen LogP contribution < -0.4 is 15.8 Å². The lowest BCUT2D eigenvalue weighted by Gasteiger charge is -2.24. The Bertz CT molecular complexity index is 968. The number of carbonyl (C=O) groups is 1. The lowest BCUT2D eigenvalue weighted by Crippen LogP contribution is -2.30. The predicted molar refractivity (Wildman–Crippen MR) is 111 cm³/mol. The Morgan fingerprint density at radius 2 is 2.00 bits per heavy atom. The van der Waals surface area contributed by atoms with Crippen molar-refractivity contribution >= 4 is 5.91 Å². The maximum Gasteiger partial charge on any atom is 0.252 e. The Morgan fingerprint density at radius 1 is 1.17 bits per heavy atom. The number of ether oxygens (including phenoxy) is 1. The maximum atomic E-state index is 11.6. The molecule has 2 aromatic carbocycles. The van der Waals surface area contributed by atoms with Crippen LogP contribution in [0.1, 0.15) is 33.6 Å². The van der Waals surface area contributed by atoms with Crippen LogP contribution in [0.2, 0.25) is 0 Å². The molecule has 0 bridgehead atoms. The summed E-state index contributed by atoms with van der Waals surface area (Å²) in [7, 11) is 0. The molecule has 4 rings (SSSR count). The van der Waals surface area contributed by atoms with Gasteiger partial charge in [0.15, 0.2) is 0 Å². The molecule has 1 atom stereocenters. The van der Waals surface area contributed by atoms with E-state index in [4.69, 9.17) is 10.5 Å². The van der Waals surface area contributed by atoms with Gasteiger partial charge in [0, 0.05) is 13.1 Å². The third-order valence-corrected chi connectivity index (χ3v) is 5.35. The molecule has 0 fully saturated rings. The zero-order valence-electron chi connectivity index (χ0n) is 16.4. The number of hydrogen-bond acceptors (Lipinski definition) is 4. The van der Waals surface area contributed by atoms with Crippen molar-refractivity contribution in [1.82, 2.24) is 15.1 Å². The third-order valence-electron chi connectivity index (χ3n) is 5.35. The van der Waals surface area contributed by atoms with Crippen molar-refractivity contribution in [2.24, 2.45) is 11.7 Å². The van der Waals surface area contributed by atoms with Crippen LogP contribution in [0.15, 0.2) is 60.8 Å². The third kappa shape index (κ3) is 4.84. The molecule has 0 spiro atoms. The molecule has 1 unspecified atom stereocenters. The van der Waals surface area contributed by atoms with E-state index in [0.29, 0.717) is 18.1 Å². The van der Waals surface area contributed by atoms with Gasteiger partial charge in [0.2, 0.25) is 0 Å². The van der Waals surface area contributed by atoms with Crippen LogP contribution in [0.5, 0.6) is 5.75 Å². The molecule has 0 saturated carbocycles. The van der Waals surface area contributed by atoms with Gasteiger partial charge in [-0.2, -0.15) is 5.10 Å². The quantitative estimate of drug-likeness (QED) is 0.620. The minimum absolute atomic E-state index is 0.396. The number of aromatic nitrogens is 2. The number of primary amides is 1. The molecule has 1 aromatic heterocycles. The summed E-state index contributed by atoms with van der Waals surface area (Å²) in [5, 5.41) is 7.81. The summed E-state index contributed by atoms with van der Waals surface area (Å²) in [5.74, 6) is 0.947. The fourth-order valence-electron chi connectivity index (χ4n) is 3.79. The van der Waals surface area contributed by atoms with Crippen molar-refractivity contribution in [2.75, 3.05) is 6.54 Å². The van der Waals surface area contributed by atoms with Crippen LogP contribution in [-0.4, -0.2) is 22.2 Å². The van der Waals surface area contributed by atoms with Gasteiger partial charge in [-0.1, -0.05) is 42.5 Å². The summed E-state index contributed by atoms with van der Waals surface area (Å²) >= 11 is 0. The van der Waals surface area contributed by atoms with Crippen molar-refractivity contribution in [2.45, 2.75) is 32.5 Å². The van der Waals surface area contributed by atoms with Gasteiger partial charge in [0.25, 0.3) is 5.91 Å². The number of nitrogens with one attached hydrogen (secondary N) is 1. The van der Waals surface area contributed by atoms with Crippen LogP contribution in [0.4, 0.5) is 0 Å². The van der Waals surface area contributed by atoms with Crippen molar-refractivity contribution in [3.05, 3.63) is 83.2 Å². The average molecular weight is 390 g/mol. The van der Waals surface area contributed by atoms with Crippen LogP contribution in [-0.2, 0) is 26.1 Å². The Balaban J connectivity index is 1.27. The maximum absolute atomic E-state index is 11.6. The second kappa shape index (κ2) is 8.92. The van der Waals surface area contributed by atoms with Crippen molar-refractivity contribution in [3.63, 3.8) is 0 Å². The first-order valence-corrected chi connectivity index (χ1v) is 10.00. The number of benzene rings is 2. The van der Waals surface area contributed by atoms with Gasteiger partial charge in [0.05, 0.1) is 17.5 Å². The van der Waals surface area contributed by atoms with E-state index in [1.807, 2.05) is 35.0 Å². The highest BCUT2D eigenvalue weighted by atomic mass is 16.5. The first kappa shape index (κ1) is 19.2. The molecule has 0 saturated heterocycles. The highest BCUT2D eigenvalue weighted by Gasteiger charge is 2.24. The Morgan fingerprint density at radius 3 is 2.83 bits per heavy atom. The average Bonchev–Trinajstić information content (AvgIpc) is 3.17. The first-order chi connectivity index (χ1) is 14.2. The summed E-state index contributed by atoms with van der Waals surface area (Å²) in [6.45, 7) is 3.06. The van der Waals surface area contributed by atoms with Crippen LogP contribution >= 0.6 is 0 Å². The van der Waals surface area contributed by atoms with Crippen LogP contribution in [0, 0.1) is 5.92 Å². The van der Waals surface area contributed by atoms with Crippen LogP contribution in [0.25, 0.3) is 0 Å². The number of rotatable bonds is 8. The molecule has 6 nitrogen and oxygen atoms in total. The number of aryl methyl sites for hydroxylation is 1. The van der Waals surface area contributed by atoms with E-state index < -0.39 is 5.91 Å². The summed E-state index contributed by atoms with van der Waals surface area (Å²) in [4.78, 5) is 11.6. The number of amides is 1. The Hall–Kier alpha value is -3.12. The second-order valence-corrected chi connectivity index (χ2v) is 7.50. The number of nitrogens with two attached hydrogens (primary N) is 1. The molecule has 0 aliphatic carbocycles. The molecule has 6 heteroatoms. The monoisotopic (exact) mass is 390 g/mol. The lowest BCUT2D eigenvalue weighted by molar-refractivity contribution is 0.0998. The topological polar surface area (TPSA) is 82.2 Å². The minimum Gasteiger partial charge on any atom is -0.489 e. The molecule has 1 aliphatic heterocycles. The summed E-state index contributed by atoms with van der Waals surface area (Å²) in [6.07, 6.45) is 3.46. The molecule has 3 aromatic rings. The fraction of sp³-hybridized carbons (Fsp3) is 0.304.